The van der Waals surface area contributed by atoms with E-state index in [1.54, 1.807) is 5.57 Å². The Morgan fingerprint density at radius 2 is 0.977 bits per heavy atom. The Morgan fingerprint density at radius 1 is 0.605 bits per heavy atom. The quantitative estimate of drug-likeness (QED) is 0.344. The third kappa shape index (κ3) is 6.06. The second-order valence-corrected chi connectivity index (χ2v) is 16.6. The number of carbonyl (C=O) groups is 1. The van der Waals surface area contributed by atoms with E-state index in [2.05, 4.69) is 20.8 Å². The van der Waals surface area contributed by atoms with Gasteiger partial charge in [-0.25, -0.2) is 4.79 Å². The molecular weight excluding hydrogens is 524 g/mol. The zero-order valence-electron chi connectivity index (χ0n) is 29.0. The highest BCUT2D eigenvalue weighted by Gasteiger charge is 2.85. The van der Waals surface area contributed by atoms with E-state index in [4.69, 9.17) is 0 Å². The van der Waals surface area contributed by atoms with Crippen molar-refractivity contribution in [3.8, 4) is 0 Å². The first kappa shape index (κ1) is 33.6. The summed E-state index contributed by atoms with van der Waals surface area (Å²) in [5, 5.41) is 11.4. The van der Waals surface area contributed by atoms with Crippen molar-refractivity contribution in [2.45, 2.75) is 201 Å². The van der Waals surface area contributed by atoms with Crippen LogP contribution in [0.5, 0.6) is 0 Å². The van der Waals surface area contributed by atoms with E-state index in [1.165, 1.54) is 173 Å². The fourth-order valence-electron chi connectivity index (χ4n) is 12.7. The van der Waals surface area contributed by atoms with Crippen LogP contribution in [0.4, 0.5) is 0 Å². The van der Waals surface area contributed by atoms with Gasteiger partial charge in [-0.2, -0.15) is 0 Å². The van der Waals surface area contributed by atoms with Gasteiger partial charge in [0.25, 0.3) is 0 Å². The normalized spacial score (nSPS) is 37.4. The smallest absolute Gasteiger partial charge is 0.332 e. The molecule has 2 bridgehead atoms. The molecule has 4 saturated carbocycles. The second kappa shape index (κ2) is 15.2. The standard InChI is InChI=1S/C41H70O2/c1-4-39(2)40(3)36(38(42)43)35(32-26-20-14-8-5-9-15-21-27-32)41(39,34-30-24-18-12-7-13-19-25-31-34)37(40)33-28-22-16-10-6-11-17-23-29-33/h32-34,37H,4-31H2,1-3H3,(H,42,43). The van der Waals surface area contributed by atoms with E-state index in [1.807, 2.05) is 0 Å². The predicted molar refractivity (Wildman–Crippen MR) is 182 cm³/mol. The summed E-state index contributed by atoms with van der Waals surface area (Å²) in [7, 11) is 0. The fraction of sp³-hybridized carbons (Fsp3) is 0.927. The van der Waals surface area contributed by atoms with Crippen molar-refractivity contribution in [1.82, 2.24) is 0 Å². The molecule has 4 fully saturated rings. The van der Waals surface area contributed by atoms with Crippen molar-refractivity contribution >= 4 is 5.97 Å². The lowest BCUT2D eigenvalue weighted by Crippen LogP contribution is -2.71. The summed E-state index contributed by atoms with van der Waals surface area (Å²) in [4.78, 5) is 13.8. The van der Waals surface area contributed by atoms with Crippen molar-refractivity contribution < 1.29 is 9.90 Å². The van der Waals surface area contributed by atoms with Crippen LogP contribution in [0.15, 0.2) is 11.1 Å². The summed E-state index contributed by atoms with van der Waals surface area (Å²) in [6, 6.07) is 0. The number of rotatable bonds is 5. The van der Waals surface area contributed by atoms with Crippen LogP contribution in [-0.4, -0.2) is 11.1 Å². The summed E-state index contributed by atoms with van der Waals surface area (Å²) < 4.78 is 0. The Kier molecular flexibility index (Phi) is 11.9. The van der Waals surface area contributed by atoms with Crippen LogP contribution in [0.25, 0.3) is 0 Å². The predicted octanol–water partition coefficient (Wildman–Crippen LogP) is 12.8. The zero-order chi connectivity index (χ0) is 30.3. The lowest BCUT2D eigenvalue weighted by Gasteiger charge is -2.75. The average Bonchev–Trinajstić information content (AvgIpc) is 3.38. The molecule has 1 N–H and O–H groups in total. The summed E-state index contributed by atoms with van der Waals surface area (Å²) in [6.07, 6.45) is 37.9. The molecule has 246 valence electrons. The van der Waals surface area contributed by atoms with Gasteiger partial charge in [0.2, 0.25) is 0 Å². The number of aliphatic carboxylic acids is 1. The molecule has 4 unspecified atom stereocenters. The van der Waals surface area contributed by atoms with E-state index >= 15 is 0 Å². The zero-order valence-corrected chi connectivity index (χ0v) is 29.0. The van der Waals surface area contributed by atoms with Crippen LogP contribution in [0.1, 0.15) is 201 Å². The number of hydrogen-bond acceptors (Lipinski definition) is 1. The van der Waals surface area contributed by atoms with Gasteiger partial charge in [-0.1, -0.05) is 168 Å². The molecule has 0 aliphatic heterocycles. The van der Waals surface area contributed by atoms with Gasteiger partial charge in [0.05, 0.1) is 0 Å². The third-order valence-corrected chi connectivity index (χ3v) is 14.7. The minimum Gasteiger partial charge on any atom is -0.478 e. The second-order valence-electron chi connectivity index (χ2n) is 16.6. The summed E-state index contributed by atoms with van der Waals surface area (Å²) in [6.45, 7) is 7.58. The molecule has 43 heavy (non-hydrogen) atoms. The Morgan fingerprint density at radius 3 is 1.37 bits per heavy atom. The maximum absolute atomic E-state index is 13.8. The first-order valence-corrected chi connectivity index (χ1v) is 19.9. The fourth-order valence-corrected chi connectivity index (χ4v) is 12.7. The van der Waals surface area contributed by atoms with Crippen LogP contribution >= 0.6 is 0 Å². The molecule has 4 atom stereocenters. The molecule has 6 rings (SSSR count). The molecule has 0 aromatic heterocycles. The third-order valence-electron chi connectivity index (χ3n) is 14.7. The van der Waals surface area contributed by atoms with Gasteiger partial charge in [0.15, 0.2) is 0 Å². The van der Waals surface area contributed by atoms with E-state index in [0.29, 0.717) is 23.7 Å². The van der Waals surface area contributed by atoms with Gasteiger partial charge in [-0.3, -0.25) is 0 Å². The Hall–Kier alpha value is -0.790. The first-order chi connectivity index (χ1) is 20.9. The summed E-state index contributed by atoms with van der Waals surface area (Å²) in [5.41, 5.74) is 2.54. The largest absolute Gasteiger partial charge is 0.478 e. The molecule has 0 spiro atoms. The minimum atomic E-state index is -0.529. The molecule has 0 saturated heterocycles. The molecule has 6 aliphatic rings. The number of hydrogen-bond donors (Lipinski definition) is 1. The van der Waals surface area contributed by atoms with E-state index < -0.39 is 5.97 Å². The van der Waals surface area contributed by atoms with Crippen LogP contribution in [0, 0.1) is 39.9 Å². The van der Waals surface area contributed by atoms with Crippen molar-refractivity contribution in [2.75, 3.05) is 0 Å². The lowest BCUT2D eigenvalue weighted by atomic mass is 9.28. The van der Waals surface area contributed by atoms with Gasteiger partial charge in [0, 0.05) is 16.4 Å². The highest BCUT2D eigenvalue weighted by atomic mass is 16.4. The SMILES string of the molecule is CCC1(C)C2(C)C(C(=O)O)=C(C3CCCCCCCCC3)C1(C1CCCCCCCCC1)C2C1CCCCCCCCC1. The Labute approximate surface area is 267 Å². The molecule has 0 aromatic carbocycles. The molecule has 2 nitrogen and oxygen atoms in total. The van der Waals surface area contributed by atoms with E-state index in [0.717, 1.165) is 12.0 Å². The van der Waals surface area contributed by atoms with Crippen LogP contribution in [0.3, 0.4) is 0 Å². The van der Waals surface area contributed by atoms with Crippen LogP contribution in [-0.2, 0) is 4.79 Å². The van der Waals surface area contributed by atoms with Crippen molar-refractivity contribution in [3.05, 3.63) is 11.1 Å². The van der Waals surface area contributed by atoms with Crippen LogP contribution in [0.2, 0.25) is 0 Å². The molecule has 0 heterocycles. The lowest BCUT2D eigenvalue weighted by molar-refractivity contribution is -0.255. The maximum atomic E-state index is 13.8. The molecule has 6 aliphatic carbocycles. The first-order valence-electron chi connectivity index (χ1n) is 19.9. The molecule has 0 aromatic rings. The number of allylic oxidation sites excluding steroid dienone is 1. The van der Waals surface area contributed by atoms with E-state index in [9.17, 15) is 9.90 Å². The van der Waals surface area contributed by atoms with Crippen molar-refractivity contribution in [3.63, 3.8) is 0 Å². The van der Waals surface area contributed by atoms with Gasteiger partial charge in [-0.05, 0) is 66.8 Å². The van der Waals surface area contributed by atoms with Gasteiger partial charge in [0.1, 0.15) is 0 Å². The number of carboxylic acids is 1. The minimum absolute atomic E-state index is 0.0765. The van der Waals surface area contributed by atoms with Gasteiger partial charge < -0.3 is 5.11 Å². The van der Waals surface area contributed by atoms with Crippen molar-refractivity contribution in [1.29, 1.82) is 0 Å². The van der Waals surface area contributed by atoms with Gasteiger partial charge >= 0.3 is 5.97 Å². The Bertz CT molecular complexity index is 904. The van der Waals surface area contributed by atoms with Crippen LogP contribution < -0.4 is 0 Å². The highest BCUT2D eigenvalue weighted by molar-refractivity contribution is 5.93. The topological polar surface area (TPSA) is 37.3 Å². The molecule has 0 amide bonds. The molecular formula is C41H70O2. The Balaban J connectivity index is 1.66. The van der Waals surface area contributed by atoms with E-state index in [-0.39, 0.29) is 16.2 Å². The average molecular weight is 595 g/mol. The summed E-state index contributed by atoms with van der Waals surface area (Å²) >= 11 is 0. The van der Waals surface area contributed by atoms with Gasteiger partial charge in [-0.15, -0.1) is 0 Å². The molecule has 0 radical (unpaired) electrons. The molecule has 2 heteroatoms. The number of carboxylic acid groups (broad SMARTS) is 1. The monoisotopic (exact) mass is 595 g/mol. The highest BCUT2D eigenvalue weighted by Crippen LogP contribution is 2.89. The van der Waals surface area contributed by atoms with Crippen molar-refractivity contribution in [2.24, 2.45) is 39.9 Å². The maximum Gasteiger partial charge on any atom is 0.332 e. The summed E-state index contributed by atoms with van der Waals surface area (Å²) in [5.74, 6) is 1.89.